The minimum atomic E-state index is -0.442. The van der Waals surface area contributed by atoms with E-state index in [4.69, 9.17) is 4.74 Å². The van der Waals surface area contributed by atoms with Crippen LogP contribution in [0.4, 0.5) is 20.2 Å². The molecule has 0 unspecified atom stereocenters. The number of ether oxygens (including phenoxy) is 1. The van der Waals surface area contributed by atoms with Gasteiger partial charge >= 0.3 is 0 Å². The van der Waals surface area contributed by atoms with E-state index in [1.165, 1.54) is 6.07 Å². The number of nitrogens with zero attached hydrogens (tertiary/aromatic N) is 4. The Morgan fingerprint density at radius 3 is 2.66 bits per heavy atom. The van der Waals surface area contributed by atoms with Crippen molar-refractivity contribution in [2.24, 2.45) is 4.99 Å². The predicted octanol–water partition coefficient (Wildman–Crippen LogP) is 2.48. The van der Waals surface area contributed by atoms with Crippen LogP contribution in [0.5, 0.6) is 5.75 Å². The van der Waals surface area contributed by atoms with Crippen molar-refractivity contribution in [3.05, 3.63) is 54.1 Å². The molecule has 170 valence electrons. The smallest absolute Gasteiger partial charge is 0.265 e. The summed E-state index contributed by atoms with van der Waals surface area (Å²) in [6.45, 7) is 3.71. The van der Waals surface area contributed by atoms with Gasteiger partial charge in [-0.2, -0.15) is 0 Å². The molecule has 2 heterocycles. The Kier molecular flexibility index (Phi) is 6.72. The van der Waals surface area contributed by atoms with Crippen molar-refractivity contribution < 1.29 is 18.3 Å². The number of nitrogens with one attached hydrogen (secondary N) is 1. The number of hydrogen-bond acceptors (Lipinski definition) is 4. The first-order valence-corrected chi connectivity index (χ1v) is 10.7. The number of carbonyl (C=O) groups excluding carboxylic acids is 1. The summed E-state index contributed by atoms with van der Waals surface area (Å²) in [6, 6.07) is 11.1. The minimum absolute atomic E-state index is 0.0474. The van der Waals surface area contributed by atoms with E-state index in [1.54, 1.807) is 11.9 Å². The molecule has 2 aromatic rings. The van der Waals surface area contributed by atoms with Crippen LogP contribution in [0, 0.1) is 11.6 Å². The zero-order valence-electron chi connectivity index (χ0n) is 18.1. The third-order valence-electron chi connectivity index (χ3n) is 5.69. The Bertz CT molecular complexity index is 992. The summed E-state index contributed by atoms with van der Waals surface area (Å²) in [4.78, 5) is 22.3. The molecule has 0 atom stereocenters. The maximum atomic E-state index is 14.1. The van der Waals surface area contributed by atoms with Gasteiger partial charge in [0.25, 0.3) is 5.91 Å². The number of para-hydroxylation sites is 2. The second kappa shape index (κ2) is 9.84. The number of halogens is 2. The average molecular weight is 443 g/mol. The average Bonchev–Trinajstić information content (AvgIpc) is 2.82. The lowest BCUT2D eigenvalue weighted by Gasteiger charge is -2.37. The number of hydrogen-bond donors (Lipinski definition) is 1. The van der Waals surface area contributed by atoms with Gasteiger partial charge in [0, 0.05) is 52.4 Å². The molecular weight excluding hydrogens is 416 g/mol. The van der Waals surface area contributed by atoms with Crippen molar-refractivity contribution >= 4 is 23.2 Å². The van der Waals surface area contributed by atoms with Crippen LogP contribution >= 0.6 is 0 Å². The molecule has 2 aliphatic heterocycles. The molecule has 9 heteroatoms. The molecule has 4 rings (SSSR count). The van der Waals surface area contributed by atoms with E-state index in [-0.39, 0.29) is 12.5 Å². The molecule has 7 nitrogen and oxygen atoms in total. The minimum Gasteiger partial charge on any atom is -0.482 e. The zero-order valence-corrected chi connectivity index (χ0v) is 18.1. The number of piperazine rings is 1. The van der Waals surface area contributed by atoms with Gasteiger partial charge in [-0.3, -0.25) is 9.79 Å². The maximum absolute atomic E-state index is 14.1. The third kappa shape index (κ3) is 4.76. The van der Waals surface area contributed by atoms with Crippen LogP contribution in [0.2, 0.25) is 0 Å². The van der Waals surface area contributed by atoms with Gasteiger partial charge in [0.1, 0.15) is 17.4 Å². The van der Waals surface area contributed by atoms with E-state index in [0.29, 0.717) is 45.0 Å². The van der Waals surface area contributed by atoms with Crippen molar-refractivity contribution in [2.45, 2.75) is 6.42 Å². The van der Waals surface area contributed by atoms with Gasteiger partial charge < -0.3 is 24.8 Å². The van der Waals surface area contributed by atoms with Crippen LogP contribution in [-0.2, 0) is 4.79 Å². The van der Waals surface area contributed by atoms with Crippen molar-refractivity contribution in [3.63, 3.8) is 0 Å². The Hall–Kier alpha value is -3.36. The number of guanidine groups is 1. The highest BCUT2D eigenvalue weighted by molar-refractivity contribution is 5.97. The molecule has 0 spiro atoms. The number of aliphatic imine (C=N–C) groups is 1. The summed E-state index contributed by atoms with van der Waals surface area (Å²) in [6.07, 6.45) is 0.744. The Morgan fingerprint density at radius 1 is 1.09 bits per heavy atom. The highest BCUT2D eigenvalue weighted by Gasteiger charge is 2.25. The molecule has 2 aliphatic rings. The van der Waals surface area contributed by atoms with E-state index >= 15 is 0 Å². The fraction of sp³-hybridized carbons (Fsp3) is 0.391. The zero-order chi connectivity index (χ0) is 22.5. The first-order chi connectivity index (χ1) is 15.6. The largest absolute Gasteiger partial charge is 0.482 e. The number of amides is 1. The topological polar surface area (TPSA) is 60.4 Å². The number of benzene rings is 2. The van der Waals surface area contributed by atoms with Gasteiger partial charge in [0.2, 0.25) is 0 Å². The number of fused-ring (bicyclic) bond motifs is 1. The summed E-state index contributed by atoms with van der Waals surface area (Å²) in [5, 5.41) is 3.35. The molecule has 0 bridgehead atoms. The van der Waals surface area contributed by atoms with Crippen LogP contribution in [0.1, 0.15) is 6.42 Å². The monoisotopic (exact) mass is 443 g/mol. The van der Waals surface area contributed by atoms with Gasteiger partial charge in [-0.15, -0.1) is 0 Å². The SMILES string of the molecule is CN=C(NCCCN1C(=O)COc2ccccc21)N1CCN(c2cc(F)ccc2F)CC1. The molecule has 1 fully saturated rings. The first-order valence-electron chi connectivity index (χ1n) is 10.7. The number of carbonyl (C=O) groups is 1. The molecule has 0 aromatic heterocycles. The second-order valence-corrected chi connectivity index (χ2v) is 7.70. The molecule has 2 aromatic carbocycles. The van der Waals surface area contributed by atoms with E-state index in [9.17, 15) is 13.6 Å². The fourth-order valence-electron chi connectivity index (χ4n) is 4.06. The van der Waals surface area contributed by atoms with Gasteiger partial charge in [0.15, 0.2) is 12.6 Å². The van der Waals surface area contributed by atoms with Crippen LogP contribution in [-0.4, -0.2) is 69.7 Å². The third-order valence-corrected chi connectivity index (χ3v) is 5.69. The summed E-state index contributed by atoms with van der Waals surface area (Å²) < 4.78 is 33.1. The molecule has 0 radical (unpaired) electrons. The van der Waals surface area contributed by atoms with E-state index in [2.05, 4.69) is 15.2 Å². The summed E-state index contributed by atoms with van der Waals surface area (Å²) in [5.41, 5.74) is 1.09. The quantitative estimate of drug-likeness (QED) is 0.437. The van der Waals surface area contributed by atoms with Gasteiger partial charge in [-0.05, 0) is 30.7 Å². The van der Waals surface area contributed by atoms with Gasteiger partial charge in [0.05, 0.1) is 11.4 Å². The molecule has 1 saturated heterocycles. The van der Waals surface area contributed by atoms with E-state index in [1.807, 2.05) is 29.2 Å². The van der Waals surface area contributed by atoms with Crippen molar-refractivity contribution in [2.75, 3.05) is 62.7 Å². The molecule has 1 N–H and O–H groups in total. The van der Waals surface area contributed by atoms with Crippen LogP contribution in [0.25, 0.3) is 0 Å². The summed E-state index contributed by atoms with van der Waals surface area (Å²) in [7, 11) is 1.72. The summed E-state index contributed by atoms with van der Waals surface area (Å²) in [5.74, 6) is 0.583. The second-order valence-electron chi connectivity index (χ2n) is 7.70. The van der Waals surface area contributed by atoms with Crippen LogP contribution in [0.15, 0.2) is 47.5 Å². The number of anilines is 2. The van der Waals surface area contributed by atoms with Crippen molar-refractivity contribution in [1.29, 1.82) is 0 Å². The Balaban J connectivity index is 1.26. The molecule has 0 aliphatic carbocycles. The molecule has 32 heavy (non-hydrogen) atoms. The lowest BCUT2D eigenvalue weighted by molar-refractivity contribution is -0.121. The van der Waals surface area contributed by atoms with Gasteiger partial charge in [-0.25, -0.2) is 8.78 Å². The molecular formula is C23H27F2N5O2. The normalized spacial score (nSPS) is 16.7. The highest BCUT2D eigenvalue weighted by Crippen LogP contribution is 2.31. The van der Waals surface area contributed by atoms with Crippen molar-refractivity contribution in [3.8, 4) is 5.75 Å². The molecule has 1 amide bonds. The summed E-state index contributed by atoms with van der Waals surface area (Å²) >= 11 is 0. The fourth-order valence-corrected chi connectivity index (χ4v) is 4.06. The Morgan fingerprint density at radius 2 is 1.88 bits per heavy atom. The maximum Gasteiger partial charge on any atom is 0.265 e. The van der Waals surface area contributed by atoms with Gasteiger partial charge in [-0.1, -0.05) is 12.1 Å². The van der Waals surface area contributed by atoms with E-state index in [0.717, 1.165) is 36.0 Å². The van der Waals surface area contributed by atoms with Crippen LogP contribution < -0.4 is 19.9 Å². The molecule has 0 saturated carbocycles. The van der Waals surface area contributed by atoms with Crippen molar-refractivity contribution in [1.82, 2.24) is 10.2 Å². The predicted molar refractivity (Wildman–Crippen MR) is 120 cm³/mol. The standard InChI is InChI=1S/C23H27F2N5O2/c1-26-23(29-13-11-28(12-14-29)20-15-17(24)7-8-18(20)25)27-9-4-10-30-19-5-2-3-6-21(19)32-16-22(30)31/h2-3,5-8,15H,4,9-14,16H2,1H3,(H,26,27). The number of rotatable bonds is 5. The highest BCUT2D eigenvalue weighted by atomic mass is 19.1. The lowest BCUT2D eigenvalue weighted by Crippen LogP contribution is -2.53. The van der Waals surface area contributed by atoms with E-state index < -0.39 is 11.6 Å². The van der Waals surface area contributed by atoms with Crippen LogP contribution in [0.3, 0.4) is 0 Å². The first kappa shape index (κ1) is 21.9. The Labute approximate surface area is 186 Å². The lowest BCUT2D eigenvalue weighted by atomic mass is 10.2.